The van der Waals surface area contributed by atoms with Crippen LogP contribution in [0.1, 0.15) is 64.7 Å². The van der Waals surface area contributed by atoms with Crippen LogP contribution in [0.15, 0.2) is 0 Å². The highest BCUT2D eigenvalue weighted by atomic mass is 32.1. The molecule has 0 bridgehead atoms. The largest absolute Gasteiger partial charge is 0.343 e. The summed E-state index contributed by atoms with van der Waals surface area (Å²) in [4.78, 5) is 14.1. The highest BCUT2D eigenvalue weighted by molar-refractivity contribution is 7.80. The molecule has 1 saturated heterocycles. The number of likely N-dealkylation sites (tertiary alicyclic amines) is 1. The minimum absolute atomic E-state index is 0.391. The number of hydrogen-bond acceptors (Lipinski definition) is 2. The molecule has 18 heavy (non-hydrogen) atoms. The van der Waals surface area contributed by atoms with Gasteiger partial charge in [-0.05, 0) is 37.4 Å². The number of amides is 1. The summed E-state index contributed by atoms with van der Waals surface area (Å²) in [5.74, 6) is 2.16. The van der Waals surface area contributed by atoms with Crippen LogP contribution in [0, 0.1) is 5.92 Å². The van der Waals surface area contributed by atoms with Gasteiger partial charge < -0.3 is 4.90 Å². The predicted molar refractivity (Wildman–Crippen MR) is 81.2 cm³/mol. The SMILES string of the molecule is CCCC1CCC(=O)N(CCCCCCS)CC1. The van der Waals surface area contributed by atoms with E-state index >= 15 is 0 Å². The number of carbonyl (C=O) groups is 1. The van der Waals surface area contributed by atoms with Crippen LogP contribution in [0.25, 0.3) is 0 Å². The standard InChI is InChI=1S/C15H29NOS/c1-2-7-14-8-9-15(17)16(12-10-14)11-5-3-4-6-13-18/h14,18H,2-13H2,1H3. The molecule has 1 fully saturated rings. The molecule has 1 amide bonds. The van der Waals surface area contributed by atoms with Crippen LogP contribution in [0.3, 0.4) is 0 Å². The Morgan fingerprint density at radius 2 is 2.00 bits per heavy atom. The van der Waals surface area contributed by atoms with E-state index in [0.29, 0.717) is 5.91 Å². The second kappa shape index (κ2) is 9.71. The Morgan fingerprint density at radius 3 is 2.72 bits per heavy atom. The van der Waals surface area contributed by atoms with Crippen molar-refractivity contribution in [2.75, 3.05) is 18.8 Å². The molecule has 1 heterocycles. The lowest BCUT2D eigenvalue weighted by Crippen LogP contribution is -2.31. The lowest BCUT2D eigenvalue weighted by molar-refractivity contribution is -0.130. The fourth-order valence-electron chi connectivity index (χ4n) is 2.79. The maximum absolute atomic E-state index is 12.0. The summed E-state index contributed by atoms with van der Waals surface area (Å²) < 4.78 is 0. The van der Waals surface area contributed by atoms with Crippen molar-refractivity contribution >= 4 is 18.5 Å². The normalized spacial score (nSPS) is 21.1. The van der Waals surface area contributed by atoms with Gasteiger partial charge in [0.25, 0.3) is 0 Å². The van der Waals surface area contributed by atoms with Gasteiger partial charge in [0.1, 0.15) is 0 Å². The first kappa shape index (κ1) is 15.9. The molecule has 0 aromatic heterocycles. The van der Waals surface area contributed by atoms with Crippen molar-refractivity contribution < 1.29 is 4.79 Å². The zero-order valence-corrected chi connectivity index (χ0v) is 12.8. The number of unbranched alkanes of at least 4 members (excludes halogenated alkanes) is 3. The minimum atomic E-state index is 0.391. The van der Waals surface area contributed by atoms with Gasteiger partial charge in [-0.3, -0.25) is 4.79 Å². The Bertz CT molecular complexity index is 233. The Morgan fingerprint density at radius 1 is 1.22 bits per heavy atom. The summed E-state index contributed by atoms with van der Waals surface area (Å²) in [7, 11) is 0. The molecular formula is C15H29NOS. The van der Waals surface area contributed by atoms with Crippen LogP contribution in [0.4, 0.5) is 0 Å². The van der Waals surface area contributed by atoms with Crippen LogP contribution < -0.4 is 0 Å². The molecule has 0 aromatic rings. The zero-order chi connectivity index (χ0) is 13.2. The highest BCUT2D eigenvalue weighted by Gasteiger charge is 2.21. The van der Waals surface area contributed by atoms with E-state index in [0.717, 1.165) is 44.0 Å². The van der Waals surface area contributed by atoms with Gasteiger partial charge in [-0.1, -0.05) is 32.6 Å². The van der Waals surface area contributed by atoms with Crippen molar-refractivity contribution in [3.8, 4) is 0 Å². The average molecular weight is 271 g/mol. The van der Waals surface area contributed by atoms with E-state index in [-0.39, 0.29) is 0 Å². The first-order chi connectivity index (χ1) is 8.77. The quantitative estimate of drug-likeness (QED) is 0.524. The lowest BCUT2D eigenvalue weighted by atomic mass is 9.96. The molecule has 0 spiro atoms. The molecule has 106 valence electrons. The molecule has 1 unspecified atom stereocenters. The van der Waals surface area contributed by atoms with Crippen molar-refractivity contribution in [2.45, 2.75) is 64.7 Å². The van der Waals surface area contributed by atoms with Gasteiger partial charge in [0.2, 0.25) is 5.91 Å². The number of nitrogens with zero attached hydrogens (tertiary/aromatic N) is 1. The van der Waals surface area contributed by atoms with E-state index in [1.807, 2.05) is 0 Å². The maximum atomic E-state index is 12.0. The van der Waals surface area contributed by atoms with Crippen LogP contribution >= 0.6 is 12.6 Å². The third-order valence-corrected chi connectivity index (χ3v) is 4.28. The van der Waals surface area contributed by atoms with E-state index in [2.05, 4.69) is 24.5 Å². The first-order valence-electron chi connectivity index (χ1n) is 7.66. The topological polar surface area (TPSA) is 20.3 Å². The molecular weight excluding hydrogens is 242 g/mol. The molecule has 3 heteroatoms. The second-order valence-corrected chi connectivity index (χ2v) is 5.95. The van der Waals surface area contributed by atoms with E-state index in [4.69, 9.17) is 0 Å². The van der Waals surface area contributed by atoms with Gasteiger partial charge in [-0.25, -0.2) is 0 Å². The van der Waals surface area contributed by atoms with Gasteiger partial charge in [0.15, 0.2) is 0 Å². The van der Waals surface area contributed by atoms with Crippen molar-refractivity contribution in [1.82, 2.24) is 4.90 Å². The molecule has 2 nitrogen and oxygen atoms in total. The average Bonchev–Trinajstić information content (AvgIpc) is 2.54. The van der Waals surface area contributed by atoms with Gasteiger partial charge in [-0.15, -0.1) is 0 Å². The first-order valence-corrected chi connectivity index (χ1v) is 8.29. The van der Waals surface area contributed by atoms with E-state index < -0.39 is 0 Å². The summed E-state index contributed by atoms with van der Waals surface area (Å²) in [6.07, 6.45) is 10.5. The monoisotopic (exact) mass is 271 g/mol. The second-order valence-electron chi connectivity index (χ2n) is 5.50. The molecule has 0 aromatic carbocycles. The Hall–Kier alpha value is -0.180. The van der Waals surface area contributed by atoms with Crippen LogP contribution in [0.2, 0.25) is 0 Å². The smallest absolute Gasteiger partial charge is 0.222 e. The third kappa shape index (κ3) is 6.12. The molecule has 1 aliphatic heterocycles. The fraction of sp³-hybridized carbons (Fsp3) is 0.933. The zero-order valence-electron chi connectivity index (χ0n) is 11.9. The van der Waals surface area contributed by atoms with E-state index in [1.54, 1.807) is 0 Å². The maximum Gasteiger partial charge on any atom is 0.222 e. The summed E-state index contributed by atoms with van der Waals surface area (Å²) in [6.45, 7) is 4.21. The number of rotatable bonds is 8. The number of hydrogen-bond donors (Lipinski definition) is 1. The summed E-state index contributed by atoms with van der Waals surface area (Å²) in [5, 5.41) is 0. The van der Waals surface area contributed by atoms with Crippen molar-refractivity contribution in [2.24, 2.45) is 5.92 Å². The molecule has 0 N–H and O–H groups in total. The molecule has 0 radical (unpaired) electrons. The molecule has 1 aliphatic rings. The predicted octanol–water partition coefficient (Wildman–Crippen LogP) is 3.91. The molecule has 0 saturated carbocycles. The van der Waals surface area contributed by atoms with Gasteiger partial charge in [0, 0.05) is 19.5 Å². The van der Waals surface area contributed by atoms with E-state index in [9.17, 15) is 4.79 Å². The van der Waals surface area contributed by atoms with Crippen LogP contribution in [-0.4, -0.2) is 29.6 Å². The number of carbonyl (C=O) groups excluding carboxylic acids is 1. The third-order valence-electron chi connectivity index (χ3n) is 3.96. The van der Waals surface area contributed by atoms with Crippen molar-refractivity contribution in [3.63, 3.8) is 0 Å². The Labute approximate surface area is 118 Å². The number of thiol groups is 1. The van der Waals surface area contributed by atoms with Gasteiger partial charge in [-0.2, -0.15) is 12.6 Å². The minimum Gasteiger partial charge on any atom is -0.343 e. The Kier molecular flexibility index (Phi) is 8.57. The molecule has 1 atom stereocenters. The molecule has 0 aliphatic carbocycles. The summed E-state index contributed by atoms with van der Waals surface area (Å²) >= 11 is 4.22. The lowest BCUT2D eigenvalue weighted by Gasteiger charge is -2.20. The van der Waals surface area contributed by atoms with Gasteiger partial charge >= 0.3 is 0 Å². The van der Waals surface area contributed by atoms with E-state index in [1.165, 1.54) is 38.5 Å². The van der Waals surface area contributed by atoms with Gasteiger partial charge in [0.05, 0.1) is 0 Å². The van der Waals surface area contributed by atoms with Crippen LogP contribution in [-0.2, 0) is 4.79 Å². The fourth-order valence-corrected chi connectivity index (χ4v) is 3.02. The van der Waals surface area contributed by atoms with Crippen LogP contribution in [0.5, 0.6) is 0 Å². The highest BCUT2D eigenvalue weighted by Crippen LogP contribution is 2.22. The van der Waals surface area contributed by atoms with Crippen molar-refractivity contribution in [1.29, 1.82) is 0 Å². The van der Waals surface area contributed by atoms with Crippen molar-refractivity contribution in [3.05, 3.63) is 0 Å². The summed E-state index contributed by atoms with van der Waals surface area (Å²) in [5.41, 5.74) is 0. The Balaban J connectivity index is 2.21. The summed E-state index contributed by atoms with van der Waals surface area (Å²) in [6, 6.07) is 0. The molecule has 1 rings (SSSR count).